The lowest BCUT2D eigenvalue weighted by atomic mass is 10.1. The molecule has 0 saturated carbocycles. The highest BCUT2D eigenvalue weighted by molar-refractivity contribution is 7.85. The molecule has 1 aromatic carbocycles. The molecular formula is C14H17N3OS. The summed E-state index contributed by atoms with van der Waals surface area (Å²) in [4.78, 5) is 4.34. The van der Waals surface area contributed by atoms with Crippen LogP contribution in [-0.2, 0) is 10.8 Å². The Balaban J connectivity index is 1.86. The number of hydrogen-bond donors (Lipinski definition) is 2. The van der Waals surface area contributed by atoms with Gasteiger partial charge in [-0.15, -0.1) is 0 Å². The standard InChI is InChI=1S/C14H17N3OS/c15-10-1-2-12-13(3-6-16-14(12)9-10)17-11-4-7-19(18)8-5-11/h1-3,6,9,11H,4-5,7-8,15H2,(H,16,17). The largest absolute Gasteiger partial charge is 0.399 e. The molecule has 19 heavy (non-hydrogen) atoms. The number of rotatable bonds is 2. The van der Waals surface area contributed by atoms with Crippen molar-refractivity contribution < 1.29 is 4.21 Å². The number of anilines is 2. The van der Waals surface area contributed by atoms with Gasteiger partial charge in [0.15, 0.2) is 0 Å². The van der Waals surface area contributed by atoms with E-state index >= 15 is 0 Å². The molecule has 0 atom stereocenters. The van der Waals surface area contributed by atoms with Gasteiger partial charge in [-0.25, -0.2) is 0 Å². The van der Waals surface area contributed by atoms with Crippen LogP contribution < -0.4 is 11.1 Å². The second kappa shape index (κ2) is 5.17. The molecule has 4 nitrogen and oxygen atoms in total. The molecule has 0 spiro atoms. The second-order valence-corrected chi connectivity index (χ2v) is 6.60. The Bertz CT molecular complexity index is 619. The number of nitrogens with zero attached hydrogens (tertiary/aromatic N) is 1. The fourth-order valence-electron chi connectivity index (χ4n) is 2.45. The van der Waals surface area contributed by atoms with Crippen LogP contribution in [0.5, 0.6) is 0 Å². The number of hydrogen-bond acceptors (Lipinski definition) is 4. The Labute approximate surface area is 114 Å². The summed E-state index contributed by atoms with van der Waals surface area (Å²) < 4.78 is 11.4. The van der Waals surface area contributed by atoms with Crippen molar-refractivity contribution in [1.29, 1.82) is 0 Å². The molecule has 0 aliphatic carbocycles. The van der Waals surface area contributed by atoms with Crippen molar-refractivity contribution in [3.05, 3.63) is 30.5 Å². The van der Waals surface area contributed by atoms with Gasteiger partial charge in [0.25, 0.3) is 0 Å². The van der Waals surface area contributed by atoms with Crippen LogP contribution in [0.2, 0.25) is 0 Å². The summed E-state index contributed by atoms with van der Waals surface area (Å²) in [6.07, 6.45) is 3.72. The number of pyridine rings is 1. The third kappa shape index (κ3) is 2.71. The minimum atomic E-state index is -0.618. The molecular weight excluding hydrogens is 258 g/mol. The Kier molecular flexibility index (Phi) is 3.38. The number of benzene rings is 1. The van der Waals surface area contributed by atoms with E-state index < -0.39 is 10.8 Å². The summed E-state index contributed by atoms with van der Waals surface area (Å²) in [5.41, 5.74) is 8.50. The van der Waals surface area contributed by atoms with Gasteiger partial charge in [0.2, 0.25) is 0 Å². The van der Waals surface area contributed by atoms with Gasteiger partial charge < -0.3 is 11.1 Å². The van der Waals surface area contributed by atoms with E-state index in [0.29, 0.717) is 6.04 Å². The molecule has 0 radical (unpaired) electrons. The summed E-state index contributed by atoms with van der Waals surface area (Å²) in [6, 6.07) is 8.17. The van der Waals surface area contributed by atoms with E-state index in [2.05, 4.69) is 10.3 Å². The first-order chi connectivity index (χ1) is 9.22. The Morgan fingerprint density at radius 1 is 1.26 bits per heavy atom. The maximum Gasteiger partial charge on any atom is 0.0743 e. The molecule has 1 fully saturated rings. The quantitative estimate of drug-likeness (QED) is 0.824. The van der Waals surface area contributed by atoms with E-state index in [9.17, 15) is 4.21 Å². The molecule has 2 aromatic rings. The molecule has 1 aliphatic heterocycles. The average molecular weight is 275 g/mol. The lowest BCUT2D eigenvalue weighted by molar-refractivity contribution is 0.624. The van der Waals surface area contributed by atoms with Gasteiger partial charge >= 0.3 is 0 Å². The van der Waals surface area contributed by atoms with Crippen LogP contribution in [0.1, 0.15) is 12.8 Å². The van der Waals surface area contributed by atoms with Crippen molar-refractivity contribution in [3.63, 3.8) is 0 Å². The Morgan fingerprint density at radius 2 is 2.05 bits per heavy atom. The van der Waals surface area contributed by atoms with Crippen LogP contribution in [0, 0.1) is 0 Å². The van der Waals surface area contributed by atoms with Crippen LogP contribution >= 0.6 is 0 Å². The van der Waals surface area contributed by atoms with Gasteiger partial charge in [0.1, 0.15) is 0 Å². The molecule has 5 heteroatoms. The van der Waals surface area contributed by atoms with E-state index in [-0.39, 0.29) is 0 Å². The van der Waals surface area contributed by atoms with Crippen LogP contribution in [-0.4, -0.2) is 26.7 Å². The minimum Gasteiger partial charge on any atom is -0.399 e. The van der Waals surface area contributed by atoms with Crippen LogP contribution in [0.15, 0.2) is 30.5 Å². The molecule has 100 valence electrons. The van der Waals surface area contributed by atoms with E-state index in [1.54, 1.807) is 6.20 Å². The van der Waals surface area contributed by atoms with Crippen molar-refractivity contribution >= 4 is 33.1 Å². The van der Waals surface area contributed by atoms with Crippen molar-refractivity contribution in [3.8, 4) is 0 Å². The zero-order valence-corrected chi connectivity index (χ0v) is 11.5. The highest BCUT2D eigenvalue weighted by atomic mass is 32.2. The molecule has 0 amide bonds. The molecule has 3 N–H and O–H groups in total. The lowest BCUT2D eigenvalue weighted by Gasteiger charge is -2.24. The topological polar surface area (TPSA) is 68.0 Å². The molecule has 0 bridgehead atoms. The molecule has 0 unspecified atom stereocenters. The molecule has 1 saturated heterocycles. The third-order valence-electron chi connectivity index (χ3n) is 3.51. The summed E-state index contributed by atoms with van der Waals surface area (Å²) in [5, 5.41) is 4.64. The monoisotopic (exact) mass is 275 g/mol. The van der Waals surface area contributed by atoms with E-state index in [1.165, 1.54) is 0 Å². The van der Waals surface area contributed by atoms with Crippen LogP contribution in [0.3, 0.4) is 0 Å². The fourth-order valence-corrected chi connectivity index (χ4v) is 3.75. The number of aromatic nitrogens is 1. The summed E-state index contributed by atoms with van der Waals surface area (Å²) in [7, 11) is -0.618. The zero-order valence-electron chi connectivity index (χ0n) is 10.6. The normalized spacial score (nSPS) is 23.4. The number of nitrogens with one attached hydrogen (secondary N) is 1. The van der Waals surface area contributed by atoms with E-state index in [1.807, 2.05) is 24.3 Å². The van der Waals surface area contributed by atoms with Crippen LogP contribution in [0.25, 0.3) is 10.9 Å². The van der Waals surface area contributed by atoms with Crippen molar-refractivity contribution in [1.82, 2.24) is 4.98 Å². The SMILES string of the molecule is Nc1ccc2c(NC3CCS(=O)CC3)ccnc2c1. The highest BCUT2D eigenvalue weighted by Crippen LogP contribution is 2.25. The number of nitrogen functional groups attached to an aromatic ring is 1. The average Bonchev–Trinajstić information content (AvgIpc) is 2.41. The zero-order chi connectivity index (χ0) is 13.2. The minimum absolute atomic E-state index is 0.404. The first-order valence-electron chi connectivity index (χ1n) is 6.48. The number of nitrogens with two attached hydrogens (primary N) is 1. The van der Waals surface area contributed by atoms with Gasteiger partial charge in [-0.05, 0) is 37.1 Å². The summed E-state index contributed by atoms with van der Waals surface area (Å²) in [6.45, 7) is 0. The van der Waals surface area contributed by atoms with Crippen molar-refractivity contribution in [2.45, 2.75) is 18.9 Å². The van der Waals surface area contributed by atoms with Gasteiger partial charge in [-0.1, -0.05) is 0 Å². The first kappa shape index (κ1) is 12.4. The number of fused-ring (bicyclic) bond motifs is 1. The second-order valence-electron chi connectivity index (χ2n) is 4.90. The van der Waals surface area contributed by atoms with Gasteiger partial charge in [-0.2, -0.15) is 0 Å². The van der Waals surface area contributed by atoms with Crippen LogP contribution in [0.4, 0.5) is 11.4 Å². The highest BCUT2D eigenvalue weighted by Gasteiger charge is 2.18. The fraction of sp³-hybridized carbons (Fsp3) is 0.357. The first-order valence-corrected chi connectivity index (χ1v) is 7.97. The van der Waals surface area contributed by atoms with E-state index in [0.717, 1.165) is 46.6 Å². The predicted molar refractivity (Wildman–Crippen MR) is 80.7 cm³/mol. The predicted octanol–water partition coefficient (Wildman–Crippen LogP) is 2.14. The van der Waals surface area contributed by atoms with Crippen molar-refractivity contribution in [2.24, 2.45) is 0 Å². The maximum absolute atomic E-state index is 11.4. The maximum atomic E-state index is 11.4. The van der Waals surface area contributed by atoms with Gasteiger partial charge in [0.05, 0.1) is 5.52 Å². The van der Waals surface area contributed by atoms with E-state index in [4.69, 9.17) is 5.73 Å². The summed E-state index contributed by atoms with van der Waals surface area (Å²) in [5.74, 6) is 1.60. The summed E-state index contributed by atoms with van der Waals surface area (Å²) >= 11 is 0. The van der Waals surface area contributed by atoms with Gasteiger partial charge in [0, 0.05) is 51.3 Å². The van der Waals surface area contributed by atoms with Gasteiger partial charge in [-0.3, -0.25) is 9.19 Å². The molecule has 1 aromatic heterocycles. The molecule has 1 aliphatic rings. The lowest BCUT2D eigenvalue weighted by Crippen LogP contribution is -2.29. The smallest absolute Gasteiger partial charge is 0.0743 e. The Hall–Kier alpha value is -1.62. The molecule has 2 heterocycles. The van der Waals surface area contributed by atoms with Crippen molar-refractivity contribution in [2.75, 3.05) is 22.6 Å². The molecule has 3 rings (SSSR count). The Morgan fingerprint density at radius 3 is 2.84 bits per heavy atom. The third-order valence-corrected chi connectivity index (χ3v) is 4.90.